The van der Waals surface area contributed by atoms with Gasteiger partial charge in [-0.3, -0.25) is 9.79 Å². The number of guanidine groups is 1. The Bertz CT molecular complexity index is 959. The molecule has 1 heterocycles. The lowest BCUT2D eigenvalue weighted by atomic mass is 9.99. The Balaban J connectivity index is 1.68. The summed E-state index contributed by atoms with van der Waals surface area (Å²) in [5.41, 5.74) is 2.11. The highest BCUT2D eigenvalue weighted by Crippen LogP contribution is 2.21. The molecule has 2 N–H and O–H groups in total. The number of benzene rings is 2. The van der Waals surface area contributed by atoms with E-state index in [4.69, 9.17) is 4.18 Å². The topological polar surface area (TPSA) is 106 Å². The van der Waals surface area contributed by atoms with Crippen molar-refractivity contribution in [1.82, 2.24) is 10.6 Å². The van der Waals surface area contributed by atoms with Crippen molar-refractivity contribution in [3.8, 4) is 5.75 Å². The van der Waals surface area contributed by atoms with E-state index >= 15 is 0 Å². The average molecular weight is 417 g/mol. The fourth-order valence-corrected chi connectivity index (χ4v) is 3.60. The van der Waals surface area contributed by atoms with Gasteiger partial charge >= 0.3 is 16.1 Å². The summed E-state index contributed by atoms with van der Waals surface area (Å²) in [6.07, 6.45) is 0.672. The zero-order chi connectivity index (χ0) is 20.7. The highest BCUT2D eigenvalue weighted by Gasteiger charge is 2.17. The normalized spacial score (nSPS) is 14.4. The van der Waals surface area contributed by atoms with Crippen molar-refractivity contribution in [1.29, 1.82) is 0 Å². The average Bonchev–Trinajstić information content (AvgIpc) is 3.21. The molecule has 1 aliphatic heterocycles. The van der Waals surface area contributed by atoms with Crippen LogP contribution >= 0.6 is 0 Å². The van der Waals surface area contributed by atoms with E-state index in [2.05, 4.69) is 20.4 Å². The second-order valence-electron chi connectivity index (χ2n) is 6.51. The molecular formula is C20H23N3O5S. The summed E-state index contributed by atoms with van der Waals surface area (Å²) in [5, 5.41) is 6.64. The number of ether oxygens (including phenoxy) is 1. The maximum atomic E-state index is 11.8. The van der Waals surface area contributed by atoms with Crippen LogP contribution in [-0.2, 0) is 26.1 Å². The van der Waals surface area contributed by atoms with E-state index in [-0.39, 0.29) is 11.8 Å². The fourth-order valence-electron chi connectivity index (χ4n) is 2.84. The lowest BCUT2D eigenvalue weighted by molar-refractivity contribution is -0.139. The largest absolute Gasteiger partial charge is 0.446 e. The van der Waals surface area contributed by atoms with Crippen molar-refractivity contribution in [3.05, 3.63) is 65.7 Å². The van der Waals surface area contributed by atoms with E-state index in [0.29, 0.717) is 6.42 Å². The summed E-state index contributed by atoms with van der Waals surface area (Å²) >= 11 is 0. The Morgan fingerprint density at radius 3 is 2.52 bits per heavy atom. The summed E-state index contributed by atoms with van der Waals surface area (Å²) in [6, 6.07) is 16.8. The predicted octanol–water partition coefficient (Wildman–Crippen LogP) is 1.75. The standard InChI is InChI=1S/C20H23N3O5S/c1-15(24)27-14-29(25,26)28-18-9-7-16(8-10-18)13-19(17-5-3-2-4-6-17)23-20-21-11-12-22-20/h2-10,19H,11-14H2,1H3,(H2,21,22,23). The van der Waals surface area contributed by atoms with Gasteiger partial charge in [-0.2, -0.15) is 8.42 Å². The molecular weight excluding hydrogens is 394 g/mol. The zero-order valence-electron chi connectivity index (χ0n) is 16.0. The molecule has 1 aliphatic rings. The van der Waals surface area contributed by atoms with Crippen LogP contribution < -0.4 is 14.8 Å². The molecule has 2 aromatic rings. The molecule has 3 rings (SSSR count). The van der Waals surface area contributed by atoms with Gasteiger partial charge in [0.25, 0.3) is 0 Å². The third-order valence-electron chi connectivity index (χ3n) is 4.18. The first-order valence-electron chi connectivity index (χ1n) is 9.15. The minimum absolute atomic E-state index is 0.0000163. The minimum Gasteiger partial charge on any atom is -0.446 e. The van der Waals surface area contributed by atoms with Crippen molar-refractivity contribution in [2.75, 3.05) is 19.0 Å². The first kappa shape index (κ1) is 20.7. The van der Waals surface area contributed by atoms with Gasteiger partial charge in [-0.05, 0) is 29.7 Å². The molecule has 8 nitrogen and oxygen atoms in total. The third-order valence-corrected chi connectivity index (χ3v) is 5.03. The number of carbonyl (C=O) groups is 1. The quantitative estimate of drug-likeness (QED) is 0.498. The maximum Gasteiger partial charge on any atom is 0.345 e. The number of esters is 1. The van der Waals surface area contributed by atoms with Crippen molar-refractivity contribution in [2.45, 2.75) is 19.4 Å². The van der Waals surface area contributed by atoms with Crippen LogP contribution in [0.25, 0.3) is 0 Å². The van der Waals surface area contributed by atoms with Gasteiger partial charge in [0.05, 0.1) is 12.6 Å². The van der Waals surface area contributed by atoms with E-state index in [1.165, 1.54) is 0 Å². The number of hydrogen-bond donors (Lipinski definition) is 2. The zero-order valence-corrected chi connectivity index (χ0v) is 16.8. The lowest BCUT2D eigenvalue weighted by Crippen LogP contribution is -2.37. The molecule has 0 radical (unpaired) electrons. The molecule has 1 atom stereocenters. The maximum absolute atomic E-state index is 11.8. The molecule has 1 unspecified atom stereocenters. The van der Waals surface area contributed by atoms with Crippen LogP contribution in [-0.4, -0.2) is 39.4 Å². The Labute approximate surface area is 170 Å². The summed E-state index contributed by atoms with van der Waals surface area (Å²) in [7, 11) is -4.00. The molecule has 9 heteroatoms. The van der Waals surface area contributed by atoms with Crippen molar-refractivity contribution >= 4 is 22.0 Å². The molecule has 0 saturated carbocycles. The molecule has 0 amide bonds. The van der Waals surface area contributed by atoms with Gasteiger partial charge < -0.3 is 19.6 Å². The summed E-state index contributed by atoms with van der Waals surface area (Å²) in [5.74, 6) is -0.574. The van der Waals surface area contributed by atoms with Gasteiger partial charge in [0.15, 0.2) is 5.96 Å². The summed E-state index contributed by atoms with van der Waals surface area (Å²) in [6.45, 7) is 2.70. The van der Waals surface area contributed by atoms with Gasteiger partial charge in [0, 0.05) is 13.5 Å². The van der Waals surface area contributed by atoms with Crippen LogP contribution in [0.5, 0.6) is 5.75 Å². The molecule has 154 valence electrons. The van der Waals surface area contributed by atoms with E-state index < -0.39 is 22.0 Å². The summed E-state index contributed by atoms with van der Waals surface area (Å²) < 4.78 is 33.1. The van der Waals surface area contributed by atoms with Crippen LogP contribution in [0, 0.1) is 0 Å². The number of carbonyl (C=O) groups excluding carboxylic acids is 1. The van der Waals surface area contributed by atoms with E-state index in [9.17, 15) is 13.2 Å². The lowest BCUT2D eigenvalue weighted by Gasteiger charge is -2.20. The highest BCUT2D eigenvalue weighted by atomic mass is 32.2. The van der Waals surface area contributed by atoms with Gasteiger partial charge in [-0.25, -0.2) is 0 Å². The molecule has 0 aliphatic carbocycles. The molecule has 0 saturated heterocycles. The smallest absolute Gasteiger partial charge is 0.345 e. The number of aliphatic imine (C=N–C) groups is 1. The van der Waals surface area contributed by atoms with Gasteiger partial charge in [0.1, 0.15) is 5.75 Å². The molecule has 0 fully saturated rings. The second kappa shape index (κ2) is 9.42. The van der Waals surface area contributed by atoms with Gasteiger partial charge in [-0.1, -0.05) is 42.5 Å². The molecule has 0 bridgehead atoms. The SMILES string of the molecule is CC(=O)OCS(=O)(=O)Oc1ccc(CC(NC2=NCCN2)c2ccccc2)cc1. The van der Waals surface area contributed by atoms with E-state index in [1.54, 1.807) is 24.3 Å². The van der Waals surface area contributed by atoms with Crippen LogP contribution in [0.3, 0.4) is 0 Å². The molecule has 0 spiro atoms. The number of rotatable bonds is 8. The molecule has 2 aromatic carbocycles. The second-order valence-corrected chi connectivity index (χ2v) is 8.03. The number of nitrogens with one attached hydrogen (secondary N) is 2. The predicted molar refractivity (Wildman–Crippen MR) is 109 cm³/mol. The first-order valence-corrected chi connectivity index (χ1v) is 10.7. The Morgan fingerprint density at radius 2 is 1.90 bits per heavy atom. The monoisotopic (exact) mass is 417 g/mol. The van der Waals surface area contributed by atoms with Crippen molar-refractivity contribution in [2.24, 2.45) is 4.99 Å². The van der Waals surface area contributed by atoms with Crippen LogP contribution in [0.2, 0.25) is 0 Å². The molecule has 0 aromatic heterocycles. The summed E-state index contributed by atoms with van der Waals surface area (Å²) in [4.78, 5) is 15.2. The van der Waals surface area contributed by atoms with Crippen LogP contribution in [0.4, 0.5) is 0 Å². The van der Waals surface area contributed by atoms with E-state index in [1.807, 2.05) is 30.3 Å². The third kappa shape index (κ3) is 6.49. The fraction of sp³-hybridized carbons (Fsp3) is 0.300. The number of nitrogens with zero attached hydrogens (tertiary/aromatic N) is 1. The number of hydrogen-bond acceptors (Lipinski definition) is 8. The van der Waals surface area contributed by atoms with Gasteiger partial charge in [-0.15, -0.1) is 0 Å². The highest BCUT2D eigenvalue weighted by molar-refractivity contribution is 7.86. The Morgan fingerprint density at radius 1 is 1.17 bits per heavy atom. The van der Waals surface area contributed by atoms with E-state index in [0.717, 1.165) is 37.1 Å². The Hall–Kier alpha value is -3.07. The van der Waals surface area contributed by atoms with Crippen LogP contribution in [0.15, 0.2) is 59.6 Å². The minimum atomic E-state index is -4.00. The van der Waals surface area contributed by atoms with Crippen molar-refractivity contribution < 1.29 is 22.1 Å². The van der Waals surface area contributed by atoms with Gasteiger partial charge in [0.2, 0.25) is 5.94 Å². The van der Waals surface area contributed by atoms with Crippen molar-refractivity contribution in [3.63, 3.8) is 0 Å². The first-order chi connectivity index (χ1) is 13.9. The Kier molecular flexibility index (Phi) is 6.71. The van der Waals surface area contributed by atoms with Crippen LogP contribution in [0.1, 0.15) is 24.1 Å². The molecule has 29 heavy (non-hydrogen) atoms.